The molecule has 7 heteroatoms. The fraction of sp³-hybridized carbons (Fsp3) is 0.444. The van der Waals surface area contributed by atoms with Crippen molar-refractivity contribution in [1.82, 2.24) is 15.5 Å². The van der Waals surface area contributed by atoms with E-state index in [-0.39, 0.29) is 11.4 Å². The van der Waals surface area contributed by atoms with Crippen molar-refractivity contribution in [2.45, 2.75) is 25.8 Å². The minimum absolute atomic E-state index is 0.123. The number of hydrogen-bond donors (Lipinski definition) is 4. The molecule has 88 valence electrons. The number of nitrogens with two attached hydrogens (primary N) is 1. The summed E-state index contributed by atoms with van der Waals surface area (Å²) in [5.74, 6) is -1.47. The van der Waals surface area contributed by atoms with Crippen molar-refractivity contribution in [2.75, 3.05) is 5.73 Å². The maximum atomic E-state index is 11.6. The van der Waals surface area contributed by atoms with Crippen molar-refractivity contribution in [3.05, 3.63) is 11.8 Å². The molecule has 0 aliphatic rings. The Morgan fingerprint density at radius 3 is 2.81 bits per heavy atom. The van der Waals surface area contributed by atoms with E-state index in [4.69, 9.17) is 10.8 Å². The normalized spacial score (nSPS) is 12.1. The molecular formula is C9H14N4O3. The number of H-pyrrole nitrogens is 1. The van der Waals surface area contributed by atoms with Crippen LogP contribution in [-0.2, 0) is 4.79 Å². The van der Waals surface area contributed by atoms with E-state index in [1.807, 2.05) is 6.92 Å². The number of aliphatic carboxylic acids is 1. The molecule has 1 aromatic rings. The van der Waals surface area contributed by atoms with Gasteiger partial charge in [0.05, 0.1) is 6.20 Å². The van der Waals surface area contributed by atoms with Crippen LogP contribution in [-0.4, -0.2) is 33.2 Å². The van der Waals surface area contributed by atoms with Crippen LogP contribution in [0.3, 0.4) is 0 Å². The topological polar surface area (TPSA) is 121 Å². The maximum Gasteiger partial charge on any atom is 0.326 e. The predicted octanol–water partition coefficient (Wildman–Crippen LogP) is -0.0250. The van der Waals surface area contributed by atoms with Gasteiger partial charge in [0, 0.05) is 0 Å². The van der Waals surface area contributed by atoms with Crippen molar-refractivity contribution in [2.24, 2.45) is 0 Å². The Hall–Kier alpha value is -2.05. The van der Waals surface area contributed by atoms with Crippen molar-refractivity contribution in [3.8, 4) is 0 Å². The molecule has 0 aliphatic heterocycles. The molecule has 0 fully saturated rings. The first kappa shape index (κ1) is 12.0. The molecular weight excluding hydrogens is 212 g/mol. The molecule has 1 rings (SSSR count). The van der Waals surface area contributed by atoms with E-state index in [1.54, 1.807) is 0 Å². The highest BCUT2D eigenvalue weighted by molar-refractivity contribution is 5.99. The van der Waals surface area contributed by atoms with Crippen molar-refractivity contribution in [3.63, 3.8) is 0 Å². The van der Waals surface area contributed by atoms with Crippen molar-refractivity contribution in [1.29, 1.82) is 0 Å². The van der Waals surface area contributed by atoms with Gasteiger partial charge in [-0.15, -0.1) is 0 Å². The molecule has 1 unspecified atom stereocenters. The summed E-state index contributed by atoms with van der Waals surface area (Å²) in [6.45, 7) is 1.84. The molecule has 0 saturated heterocycles. The number of nitrogen functional groups attached to an aromatic ring is 1. The molecule has 16 heavy (non-hydrogen) atoms. The van der Waals surface area contributed by atoms with Crippen LogP contribution in [0.1, 0.15) is 30.1 Å². The summed E-state index contributed by atoms with van der Waals surface area (Å²) in [7, 11) is 0. The molecule has 1 amide bonds. The average molecular weight is 226 g/mol. The fourth-order valence-electron chi connectivity index (χ4n) is 1.26. The summed E-state index contributed by atoms with van der Waals surface area (Å²) in [4.78, 5) is 22.4. The van der Waals surface area contributed by atoms with Crippen LogP contribution in [0.2, 0.25) is 0 Å². The fourth-order valence-corrected chi connectivity index (χ4v) is 1.26. The van der Waals surface area contributed by atoms with E-state index in [9.17, 15) is 9.59 Å². The molecule has 1 atom stereocenters. The molecule has 0 radical (unpaired) electrons. The molecule has 0 bridgehead atoms. The number of carbonyl (C=O) groups excluding carboxylic acids is 1. The minimum atomic E-state index is -1.06. The van der Waals surface area contributed by atoms with Crippen LogP contribution in [0.25, 0.3) is 0 Å². The Bertz CT molecular complexity index is 388. The Labute approximate surface area is 92.0 Å². The number of nitrogens with zero attached hydrogens (tertiary/aromatic N) is 1. The number of carboxylic acids is 1. The molecule has 0 spiro atoms. The largest absolute Gasteiger partial charge is 0.480 e. The van der Waals surface area contributed by atoms with E-state index in [1.165, 1.54) is 6.20 Å². The lowest BCUT2D eigenvalue weighted by molar-refractivity contribution is -0.139. The van der Waals surface area contributed by atoms with Gasteiger partial charge in [-0.05, 0) is 6.42 Å². The van der Waals surface area contributed by atoms with Gasteiger partial charge in [0.1, 0.15) is 17.4 Å². The number of nitrogens with one attached hydrogen (secondary N) is 2. The molecule has 0 aromatic carbocycles. The number of anilines is 1. The van der Waals surface area contributed by atoms with Gasteiger partial charge in [-0.2, -0.15) is 5.10 Å². The van der Waals surface area contributed by atoms with Crippen LogP contribution >= 0.6 is 0 Å². The van der Waals surface area contributed by atoms with Crippen LogP contribution < -0.4 is 11.1 Å². The number of hydrogen-bond acceptors (Lipinski definition) is 4. The van der Waals surface area contributed by atoms with E-state index in [0.717, 1.165) is 0 Å². The standard InChI is InChI=1S/C9H14N4O3/c1-2-3-6(9(15)16)12-8(14)5-4-11-13-7(5)10/h4,6H,2-3H2,1H3,(H,12,14)(H,15,16)(H3,10,11,13). The van der Waals surface area contributed by atoms with E-state index in [2.05, 4.69) is 15.5 Å². The highest BCUT2D eigenvalue weighted by Gasteiger charge is 2.21. The number of carbonyl (C=O) groups is 2. The Morgan fingerprint density at radius 1 is 1.69 bits per heavy atom. The predicted molar refractivity (Wildman–Crippen MR) is 56.8 cm³/mol. The Balaban J connectivity index is 2.69. The molecule has 0 saturated carbocycles. The number of amides is 1. The third-order valence-corrected chi connectivity index (χ3v) is 2.09. The maximum absolute atomic E-state index is 11.6. The van der Waals surface area contributed by atoms with Crippen LogP contribution in [0, 0.1) is 0 Å². The van der Waals surface area contributed by atoms with Crippen LogP contribution in [0.5, 0.6) is 0 Å². The lowest BCUT2D eigenvalue weighted by Crippen LogP contribution is -2.40. The van der Waals surface area contributed by atoms with E-state index >= 15 is 0 Å². The van der Waals surface area contributed by atoms with Gasteiger partial charge in [0.15, 0.2) is 0 Å². The monoisotopic (exact) mass is 226 g/mol. The zero-order valence-electron chi connectivity index (χ0n) is 8.86. The first-order valence-corrected chi connectivity index (χ1v) is 4.88. The van der Waals surface area contributed by atoms with Gasteiger partial charge in [0.2, 0.25) is 0 Å². The molecule has 5 N–H and O–H groups in total. The van der Waals surface area contributed by atoms with Crippen LogP contribution in [0.15, 0.2) is 6.20 Å². The number of aromatic amines is 1. The first-order valence-electron chi connectivity index (χ1n) is 4.88. The zero-order valence-corrected chi connectivity index (χ0v) is 8.86. The van der Waals surface area contributed by atoms with Gasteiger partial charge < -0.3 is 16.2 Å². The highest BCUT2D eigenvalue weighted by atomic mass is 16.4. The van der Waals surface area contributed by atoms with Crippen molar-refractivity contribution >= 4 is 17.7 Å². The Kier molecular flexibility index (Phi) is 3.87. The van der Waals surface area contributed by atoms with Gasteiger partial charge in [-0.3, -0.25) is 9.89 Å². The number of carboxylic acid groups (broad SMARTS) is 1. The summed E-state index contributed by atoms with van der Waals surface area (Å²) in [5, 5.41) is 17.2. The summed E-state index contributed by atoms with van der Waals surface area (Å²) in [6.07, 6.45) is 2.30. The molecule has 1 heterocycles. The van der Waals surface area contributed by atoms with E-state index in [0.29, 0.717) is 12.8 Å². The zero-order chi connectivity index (χ0) is 12.1. The van der Waals surface area contributed by atoms with E-state index < -0.39 is 17.9 Å². The molecule has 0 aliphatic carbocycles. The van der Waals surface area contributed by atoms with Crippen LogP contribution in [0.4, 0.5) is 5.82 Å². The quantitative estimate of drug-likeness (QED) is 0.562. The summed E-state index contributed by atoms with van der Waals surface area (Å²) < 4.78 is 0. The van der Waals surface area contributed by atoms with Gasteiger partial charge >= 0.3 is 5.97 Å². The second-order valence-corrected chi connectivity index (χ2v) is 3.35. The number of aromatic nitrogens is 2. The third-order valence-electron chi connectivity index (χ3n) is 2.09. The second-order valence-electron chi connectivity index (χ2n) is 3.35. The van der Waals surface area contributed by atoms with Gasteiger partial charge in [0.25, 0.3) is 5.91 Å². The summed E-state index contributed by atoms with van der Waals surface area (Å²) in [5.41, 5.74) is 5.60. The van der Waals surface area contributed by atoms with Gasteiger partial charge in [-0.25, -0.2) is 4.79 Å². The Morgan fingerprint density at radius 2 is 2.38 bits per heavy atom. The lowest BCUT2D eigenvalue weighted by atomic mass is 10.1. The summed E-state index contributed by atoms with van der Waals surface area (Å²) >= 11 is 0. The SMILES string of the molecule is CCCC(NC(=O)c1cn[nH]c1N)C(=O)O. The summed E-state index contributed by atoms with van der Waals surface area (Å²) in [6, 6.07) is -0.896. The smallest absolute Gasteiger partial charge is 0.326 e. The highest BCUT2D eigenvalue weighted by Crippen LogP contribution is 2.07. The number of rotatable bonds is 5. The average Bonchev–Trinajstić information content (AvgIpc) is 2.63. The first-order chi connectivity index (χ1) is 7.56. The third kappa shape index (κ3) is 2.72. The molecule has 1 aromatic heterocycles. The molecule has 7 nitrogen and oxygen atoms in total. The van der Waals surface area contributed by atoms with Gasteiger partial charge in [-0.1, -0.05) is 13.3 Å². The lowest BCUT2D eigenvalue weighted by Gasteiger charge is -2.12. The minimum Gasteiger partial charge on any atom is -0.480 e. The second kappa shape index (κ2) is 5.15. The van der Waals surface area contributed by atoms with Crippen molar-refractivity contribution < 1.29 is 14.7 Å².